The summed E-state index contributed by atoms with van der Waals surface area (Å²) in [5, 5.41) is 2.74. The van der Waals surface area contributed by atoms with Crippen LogP contribution in [0, 0.1) is 5.92 Å². The lowest BCUT2D eigenvalue weighted by molar-refractivity contribution is -0.140. The number of hydrogen-bond acceptors (Lipinski definition) is 3. The Morgan fingerprint density at radius 3 is 2.38 bits per heavy atom. The van der Waals surface area contributed by atoms with Gasteiger partial charge in [0.15, 0.2) is 0 Å². The first kappa shape index (κ1) is 17.6. The summed E-state index contributed by atoms with van der Waals surface area (Å²) in [6.07, 6.45) is 1.35. The normalized spacial score (nSPS) is 22.3. The molecule has 1 aromatic heterocycles. The fourth-order valence-electron chi connectivity index (χ4n) is 3.58. The molecule has 0 bridgehead atoms. The van der Waals surface area contributed by atoms with Gasteiger partial charge in [0, 0.05) is 47.9 Å². The van der Waals surface area contributed by atoms with Crippen molar-refractivity contribution >= 4 is 34.8 Å². The van der Waals surface area contributed by atoms with E-state index in [1.807, 2.05) is 28.0 Å². The lowest BCUT2D eigenvalue weighted by Crippen LogP contribution is -2.51. The lowest BCUT2D eigenvalue weighted by Gasteiger charge is -2.35. The van der Waals surface area contributed by atoms with Crippen LogP contribution in [0.1, 0.15) is 22.8 Å². The van der Waals surface area contributed by atoms with Gasteiger partial charge >= 0.3 is 0 Å². The zero-order valence-corrected chi connectivity index (χ0v) is 16.0. The summed E-state index contributed by atoms with van der Waals surface area (Å²) in [4.78, 5) is 30.3. The predicted octanol–water partition coefficient (Wildman–Crippen LogP) is 3.42. The molecule has 0 radical (unpaired) electrons. The molecule has 4 rings (SSSR count). The van der Waals surface area contributed by atoms with E-state index in [4.69, 9.17) is 11.6 Å². The highest BCUT2D eigenvalue weighted by Crippen LogP contribution is 2.50. The van der Waals surface area contributed by atoms with Crippen molar-refractivity contribution in [1.29, 1.82) is 0 Å². The van der Waals surface area contributed by atoms with Gasteiger partial charge in [-0.25, -0.2) is 0 Å². The van der Waals surface area contributed by atoms with E-state index in [0.717, 1.165) is 12.0 Å². The second kappa shape index (κ2) is 7.41. The highest BCUT2D eigenvalue weighted by molar-refractivity contribution is 7.10. The molecule has 26 heavy (non-hydrogen) atoms. The maximum Gasteiger partial charge on any atom is 0.227 e. The molecule has 6 heteroatoms. The molecule has 1 saturated heterocycles. The Morgan fingerprint density at radius 2 is 1.73 bits per heavy atom. The van der Waals surface area contributed by atoms with Gasteiger partial charge in [-0.15, -0.1) is 11.3 Å². The molecule has 2 unspecified atom stereocenters. The van der Waals surface area contributed by atoms with E-state index in [1.54, 1.807) is 23.5 Å². The summed E-state index contributed by atoms with van der Waals surface area (Å²) >= 11 is 7.62. The second-order valence-electron chi connectivity index (χ2n) is 6.97. The van der Waals surface area contributed by atoms with Gasteiger partial charge in [-0.2, -0.15) is 0 Å². The van der Waals surface area contributed by atoms with E-state index >= 15 is 0 Å². The number of hydrogen-bond donors (Lipinski definition) is 0. The summed E-state index contributed by atoms with van der Waals surface area (Å²) < 4.78 is 0. The number of nitrogens with zero attached hydrogens (tertiary/aromatic N) is 2. The molecular formula is C20H21ClN2O2S. The molecule has 1 aliphatic heterocycles. The van der Waals surface area contributed by atoms with Crippen LogP contribution in [0.25, 0.3) is 0 Å². The summed E-state index contributed by atoms with van der Waals surface area (Å²) in [6.45, 7) is 2.51. The van der Waals surface area contributed by atoms with Crippen molar-refractivity contribution in [1.82, 2.24) is 9.80 Å². The number of piperazine rings is 1. The van der Waals surface area contributed by atoms with Crippen molar-refractivity contribution in [3.8, 4) is 0 Å². The van der Waals surface area contributed by atoms with Crippen LogP contribution in [0.4, 0.5) is 0 Å². The number of halogens is 1. The van der Waals surface area contributed by atoms with Crippen molar-refractivity contribution < 1.29 is 9.59 Å². The number of carbonyl (C=O) groups is 2. The summed E-state index contributed by atoms with van der Waals surface area (Å²) in [5.41, 5.74) is 0.967. The Kier molecular flexibility index (Phi) is 5.00. The molecule has 1 saturated carbocycles. The predicted molar refractivity (Wildman–Crippen MR) is 103 cm³/mol. The number of rotatable bonds is 4. The summed E-state index contributed by atoms with van der Waals surface area (Å²) in [5.74, 6) is 0.924. The highest BCUT2D eigenvalue weighted by Gasteiger charge is 2.46. The monoisotopic (exact) mass is 388 g/mol. The third-order valence-electron chi connectivity index (χ3n) is 5.23. The van der Waals surface area contributed by atoms with Crippen LogP contribution in [0.2, 0.25) is 5.02 Å². The van der Waals surface area contributed by atoms with Crippen molar-refractivity contribution in [2.24, 2.45) is 5.92 Å². The van der Waals surface area contributed by atoms with Crippen molar-refractivity contribution in [2.45, 2.75) is 18.8 Å². The third-order valence-corrected chi connectivity index (χ3v) is 6.49. The van der Waals surface area contributed by atoms with E-state index in [1.165, 1.54) is 4.88 Å². The van der Waals surface area contributed by atoms with E-state index in [-0.39, 0.29) is 17.7 Å². The molecule has 2 atom stereocenters. The fourth-order valence-corrected chi connectivity index (χ4v) is 4.62. The zero-order chi connectivity index (χ0) is 18.1. The van der Waals surface area contributed by atoms with Crippen molar-refractivity contribution in [2.75, 3.05) is 26.2 Å². The van der Waals surface area contributed by atoms with Crippen LogP contribution in [-0.4, -0.2) is 47.8 Å². The van der Waals surface area contributed by atoms with Gasteiger partial charge in [0.1, 0.15) is 0 Å². The van der Waals surface area contributed by atoms with E-state index in [9.17, 15) is 9.59 Å². The molecule has 4 nitrogen and oxygen atoms in total. The number of carbonyl (C=O) groups excluding carboxylic acids is 2. The minimum absolute atomic E-state index is 0.113. The van der Waals surface area contributed by atoms with Crippen molar-refractivity contribution in [3.63, 3.8) is 0 Å². The minimum Gasteiger partial charge on any atom is -0.339 e. The van der Waals surface area contributed by atoms with Gasteiger partial charge in [-0.3, -0.25) is 9.59 Å². The Hall–Kier alpha value is -1.85. The quantitative estimate of drug-likeness (QED) is 0.805. The van der Waals surface area contributed by atoms with Crippen molar-refractivity contribution in [3.05, 3.63) is 57.2 Å². The van der Waals surface area contributed by atoms with E-state index in [0.29, 0.717) is 43.5 Å². The van der Waals surface area contributed by atoms with Crippen LogP contribution in [0.15, 0.2) is 41.8 Å². The third kappa shape index (κ3) is 3.79. The number of amides is 2. The Labute approximate surface area is 162 Å². The standard InChI is InChI=1S/C20H21ClN2O2S/c21-15-5-3-14(4-6-15)12-19(24)22-7-9-23(10-8-22)20(25)17-13-16(17)18-2-1-11-26-18/h1-6,11,16-17H,7-10,12-13H2. The average molecular weight is 389 g/mol. The van der Waals surface area contributed by atoms with Crippen LogP contribution >= 0.6 is 22.9 Å². The molecule has 2 aliphatic rings. The molecule has 0 N–H and O–H groups in total. The molecule has 2 aromatic rings. The Morgan fingerprint density at radius 1 is 1.04 bits per heavy atom. The molecule has 2 heterocycles. The molecule has 1 aliphatic carbocycles. The van der Waals surface area contributed by atoms with Gasteiger partial charge in [0.2, 0.25) is 11.8 Å². The topological polar surface area (TPSA) is 40.6 Å². The summed E-state index contributed by atoms with van der Waals surface area (Å²) in [6, 6.07) is 11.6. The molecule has 2 fully saturated rings. The van der Waals surface area contributed by atoms with Gasteiger partial charge in [-0.05, 0) is 35.6 Å². The molecule has 2 amide bonds. The van der Waals surface area contributed by atoms with Gasteiger partial charge < -0.3 is 9.80 Å². The first-order chi connectivity index (χ1) is 12.6. The smallest absolute Gasteiger partial charge is 0.227 e. The van der Waals surface area contributed by atoms with E-state index < -0.39 is 0 Å². The van der Waals surface area contributed by atoms with E-state index in [2.05, 4.69) is 11.4 Å². The minimum atomic E-state index is 0.113. The van der Waals surface area contributed by atoms with Crippen LogP contribution in [-0.2, 0) is 16.0 Å². The maximum absolute atomic E-state index is 12.7. The SMILES string of the molecule is O=C(Cc1ccc(Cl)cc1)N1CCN(C(=O)C2CC2c2cccs2)CC1. The Balaban J connectivity index is 1.27. The highest BCUT2D eigenvalue weighted by atomic mass is 35.5. The molecule has 136 valence electrons. The molecule has 0 spiro atoms. The fraction of sp³-hybridized carbons (Fsp3) is 0.400. The molecule has 1 aromatic carbocycles. The Bertz CT molecular complexity index is 783. The van der Waals surface area contributed by atoms with Crippen LogP contribution in [0.3, 0.4) is 0 Å². The largest absolute Gasteiger partial charge is 0.339 e. The van der Waals surface area contributed by atoms with Crippen LogP contribution < -0.4 is 0 Å². The first-order valence-corrected chi connectivity index (χ1v) is 10.2. The van der Waals surface area contributed by atoms with Gasteiger partial charge in [0.05, 0.1) is 6.42 Å². The zero-order valence-electron chi connectivity index (χ0n) is 14.4. The van der Waals surface area contributed by atoms with Gasteiger partial charge in [-0.1, -0.05) is 29.8 Å². The molecular weight excluding hydrogens is 368 g/mol. The second-order valence-corrected chi connectivity index (χ2v) is 8.39. The average Bonchev–Trinajstić information content (AvgIpc) is 3.27. The lowest BCUT2D eigenvalue weighted by atomic mass is 10.1. The van der Waals surface area contributed by atoms with Crippen LogP contribution in [0.5, 0.6) is 0 Å². The number of thiophene rings is 1. The van der Waals surface area contributed by atoms with Gasteiger partial charge in [0.25, 0.3) is 0 Å². The maximum atomic E-state index is 12.7. The number of benzene rings is 1. The summed E-state index contributed by atoms with van der Waals surface area (Å²) in [7, 11) is 0. The first-order valence-electron chi connectivity index (χ1n) is 8.96.